The normalized spacial score (nSPS) is 56.5. The van der Waals surface area contributed by atoms with E-state index in [0.717, 1.165) is 43.4 Å². The molecule has 0 amide bonds. The van der Waals surface area contributed by atoms with E-state index < -0.39 is 0 Å². The molecule has 4 fully saturated rings. The number of aliphatic hydroxyl groups is 1. The average molecular weight is 290 g/mol. The van der Waals surface area contributed by atoms with Gasteiger partial charge in [-0.05, 0) is 79.4 Å². The molecule has 4 saturated carbocycles. The van der Waals surface area contributed by atoms with E-state index in [0.29, 0.717) is 17.1 Å². The van der Waals surface area contributed by atoms with Crippen LogP contribution in [0.15, 0.2) is 0 Å². The van der Waals surface area contributed by atoms with Gasteiger partial charge in [-0.25, -0.2) is 0 Å². The summed E-state index contributed by atoms with van der Waals surface area (Å²) in [6, 6.07) is 0. The fourth-order valence-corrected chi connectivity index (χ4v) is 7.02. The second-order valence-corrected chi connectivity index (χ2v) is 9.04. The van der Waals surface area contributed by atoms with Gasteiger partial charge in [0, 0.05) is 12.8 Å². The largest absolute Gasteiger partial charge is 0.393 e. The van der Waals surface area contributed by atoms with Gasteiger partial charge in [0.1, 0.15) is 5.78 Å². The number of hydrogen-bond acceptors (Lipinski definition) is 2. The highest BCUT2D eigenvalue weighted by Gasteiger charge is 2.59. The Morgan fingerprint density at radius 3 is 2.52 bits per heavy atom. The summed E-state index contributed by atoms with van der Waals surface area (Å²) in [6.07, 6.45) is 10.0. The lowest BCUT2D eigenvalue weighted by atomic mass is 9.45. The van der Waals surface area contributed by atoms with Gasteiger partial charge in [0.05, 0.1) is 6.10 Å². The summed E-state index contributed by atoms with van der Waals surface area (Å²) >= 11 is 0. The Morgan fingerprint density at radius 2 is 1.71 bits per heavy atom. The Hall–Kier alpha value is -0.370. The lowest BCUT2D eigenvalue weighted by Crippen LogP contribution is -2.54. The van der Waals surface area contributed by atoms with Crippen molar-refractivity contribution in [3.8, 4) is 0 Å². The van der Waals surface area contributed by atoms with Crippen molar-refractivity contribution >= 4 is 5.78 Å². The number of hydrogen-bond donors (Lipinski definition) is 1. The SMILES string of the molecule is CC12CCC3C(CCC4CC(=O)CC[C@@]43C)C1CC[C@@H]2O. The van der Waals surface area contributed by atoms with Gasteiger partial charge in [-0.1, -0.05) is 13.8 Å². The van der Waals surface area contributed by atoms with Gasteiger partial charge in [-0.15, -0.1) is 0 Å². The summed E-state index contributed by atoms with van der Waals surface area (Å²) in [6.45, 7) is 4.85. The number of rotatable bonds is 0. The van der Waals surface area contributed by atoms with E-state index in [1.165, 1.54) is 32.1 Å². The molecule has 4 aliphatic rings. The van der Waals surface area contributed by atoms with Gasteiger partial charge in [-0.2, -0.15) is 0 Å². The Labute approximate surface area is 128 Å². The van der Waals surface area contributed by atoms with E-state index in [1.54, 1.807) is 0 Å². The molecule has 21 heavy (non-hydrogen) atoms. The molecule has 0 aliphatic heterocycles. The smallest absolute Gasteiger partial charge is 0.133 e. The highest BCUT2D eigenvalue weighted by molar-refractivity contribution is 5.79. The van der Waals surface area contributed by atoms with Crippen molar-refractivity contribution < 1.29 is 9.90 Å². The molecule has 7 atom stereocenters. The molecule has 0 heterocycles. The number of Topliss-reactive ketones (excluding diaryl/α,β-unsaturated/α-hetero) is 1. The van der Waals surface area contributed by atoms with Crippen LogP contribution in [0.25, 0.3) is 0 Å². The molecule has 1 N–H and O–H groups in total. The minimum absolute atomic E-state index is 0.0677. The molecule has 4 aliphatic carbocycles. The van der Waals surface area contributed by atoms with Crippen LogP contribution in [0, 0.1) is 34.5 Å². The number of carbonyl (C=O) groups is 1. The molecule has 4 rings (SSSR count). The maximum atomic E-state index is 11.9. The van der Waals surface area contributed by atoms with Crippen molar-refractivity contribution in [1.29, 1.82) is 0 Å². The van der Waals surface area contributed by atoms with Crippen molar-refractivity contribution in [3.05, 3.63) is 0 Å². The maximum absolute atomic E-state index is 11.9. The third-order valence-electron chi connectivity index (χ3n) is 8.43. The number of carbonyl (C=O) groups excluding carboxylic acids is 1. The summed E-state index contributed by atoms with van der Waals surface area (Å²) in [7, 11) is 0. The summed E-state index contributed by atoms with van der Waals surface area (Å²) < 4.78 is 0. The maximum Gasteiger partial charge on any atom is 0.133 e. The molecular weight excluding hydrogens is 260 g/mol. The molecule has 0 aromatic heterocycles. The van der Waals surface area contributed by atoms with E-state index in [2.05, 4.69) is 13.8 Å². The Morgan fingerprint density at radius 1 is 0.952 bits per heavy atom. The lowest BCUT2D eigenvalue weighted by molar-refractivity contribution is -0.141. The topological polar surface area (TPSA) is 37.3 Å². The van der Waals surface area contributed by atoms with Crippen LogP contribution >= 0.6 is 0 Å². The van der Waals surface area contributed by atoms with Gasteiger partial charge in [0.25, 0.3) is 0 Å². The van der Waals surface area contributed by atoms with Crippen molar-refractivity contribution in [3.63, 3.8) is 0 Å². The number of fused-ring (bicyclic) bond motifs is 5. The summed E-state index contributed by atoms with van der Waals surface area (Å²) in [5.41, 5.74) is 0.598. The molecule has 0 aromatic carbocycles. The second-order valence-electron chi connectivity index (χ2n) is 9.04. The van der Waals surface area contributed by atoms with Gasteiger partial charge < -0.3 is 5.11 Å². The number of ketones is 1. The first-order valence-electron chi connectivity index (χ1n) is 9.15. The minimum Gasteiger partial charge on any atom is -0.393 e. The molecule has 0 bridgehead atoms. The van der Waals surface area contributed by atoms with E-state index in [9.17, 15) is 9.90 Å². The standard InChI is InChI=1S/C19H30O2/c1-18-9-7-13(20)11-12(18)3-4-14-15-5-6-17(21)19(15,2)10-8-16(14)18/h12,14-17,21H,3-11H2,1-2H3/t12?,14?,15?,16?,17-,18-,19?/m0/s1. The Bertz CT molecular complexity index is 458. The van der Waals surface area contributed by atoms with Crippen molar-refractivity contribution in [2.75, 3.05) is 0 Å². The van der Waals surface area contributed by atoms with Crippen molar-refractivity contribution in [2.45, 2.75) is 77.7 Å². The van der Waals surface area contributed by atoms with Gasteiger partial charge >= 0.3 is 0 Å². The van der Waals surface area contributed by atoms with Crippen LogP contribution in [0.3, 0.4) is 0 Å². The molecule has 118 valence electrons. The van der Waals surface area contributed by atoms with Crippen LogP contribution in [0.5, 0.6) is 0 Å². The fourth-order valence-electron chi connectivity index (χ4n) is 7.02. The van der Waals surface area contributed by atoms with Crippen LogP contribution < -0.4 is 0 Å². The molecule has 0 saturated heterocycles. The van der Waals surface area contributed by atoms with Gasteiger partial charge in [-0.3, -0.25) is 4.79 Å². The van der Waals surface area contributed by atoms with Gasteiger partial charge in [0.2, 0.25) is 0 Å². The van der Waals surface area contributed by atoms with E-state index in [-0.39, 0.29) is 11.5 Å². The third kappa shape index (κ3) is 1.84. The highest BCUT2D eigenvalue weighted by Crippen LogP contribution is 2.65. The quantitative estimate of drug-likeness (QED) is 0.733. The van der Waals surface area contributed by atoms with Crippen LogP contribution in [-0.4, -0.2) is 17.0 Å². The highest BCUT2D eigenvalue weighted by atomic mass is 16.3. The lowest BCUT2D eigenvalue weighted by Gasteiger charge is -2.60. The van der Waals surface area contributed by atoms with Crippen molar-refractivity contribution in [1.82, 2.24) is 0 Å². The Balaban J connectivity index is 1.64. The van der Waals surface area contributed by atoms with Crippen LogP contribution in [0.4, 0.5) is 0 Å². The minimum atomic E-state index is -0.0677. The predicted molar refractivity (Wildman–Crippen MR) is 82.7 cm³/mol. The number of aliphatic hydroxyl groups excluding tert-OH is 1. The van der Waals surface area contributed by atoms with Crippen LogP contribution in [0.2, 0.25) is 0 Å². The van der Waals surface area contributed by atoms with Crippen molar-refractivity contribution in [2.24, 2.45) is 34.5 Å². The fraction of sp³-hybridized carbons (Fsp3) is 0.947. The zero-order chi connectivity index (χ0) is 14.8. The molecule has 0 radical (unpaired) electrons. The van der Waals surface area contributed by atoms with E-state index >= 15 is 0 Å². The van der Waals surface area contributed by atoms with E-state index in [4.69, 9.17) is 0 Å². The zero-order valence-corrected chi connectivity index (χ0v) is 13.6. The summed E-state index contributed by atoms with van der Waals surface area (Å²) in [5, 5.41) is 10.5. The predicted octanol–water partition coefficient (Wildman–Crippen LogP) is 3.96. The monoisotopic (exact) mass is 290 g/mol. The van der Waals surface area contributed by atoms with Crippen LogP contribution in [-0.2, 0) is 4.79 Å². The first kappa shape index (κ1) is 14.2. The molecule has 5 unspecified atom stereocenters. The van der Waals surface area contributed by atoms with Gasteiger partial charge in [0.15, 0.2) is 0 Å². The first-order valence-corrected chi connectivity index (χ1v) is 9.15. The molecule has 2 nitrogen and oxygen atoms in total. The average Bonchev–Trinajstić information content (AvgIpc) is 2.76. The third-order valence-corrected chi connectivity index (χ3v) is 8.43. The summed E-state index contributed by atoms with van der Waals surface area (Å²) in [5.74, 6) is 3.52. The van der Waals surface area contributed by atoms with E-state index in [1.807, 2.05) is 0 Å². The molecule has 0 aromatic rings. The summed E-state index contributed by atoms with van der Waals surface area (Å²) in [4.78, 5) is 11.9. The molecule has 2 heteroatoms. The molecular formula is C19H30O2. The zero-order valence-electron chi connectivity index (χ0n) is 13.6. The molecule has 0 spiro atoms. The second kappa shape index (κ2) is 4.57. The first-order chi connectivity index (χ1) is 9.95. The van der Waals surface area contributed by atoms with Crippen LogP contribution in [0.1, 0.15) is 71.6 Å². The Kier molecular flexibility index (Phi) is 3.10.